The maximum Gasteiger partial charge on any atom is 0.338 e. The molecule has 0 N–H and O–H groups in total. The first-order valence-electron chi connectivity index (χ1n) is 11.3. The first-order valence-corrected chi connectivity index (χ1v) is 13.9. The molecule has 4 rings (SSSR count). The van der Waals surface area contributed by atoms with Crippen LogP contribution in [0.3, 0.4) is 0 Å². The lowest BCUT2D eigenvalue weighted by molar-refractivity contribution is -0.116. The van der Waals surface area contributed by atoms with Gasteiger partial charge in [-0.25, -0.2) is 13.2 Å². The van der Waals surface area contributed by atoms with E-state index in [0.717, 1.165) is 16.9 Å². The Morgan fingerprint density at radius 1 is 1.17 bits per heavy atom. The Kier molecular flexibility index (Phi) is 7.51. The molecule has 0 fully saturated rings. The van der Waals surface area contributed by atoms with Gasteiger partial charge in [0.1, 0.15) is 11.5 Å². The summed E-state index contributed by atoms with van der Waals surface area (Å²) in [4.78, 5) is 43.2. The zero-order valence-corrected chi connectivity index (χ0v) is 21.3. The molecule has 2 heterocycles. The van der Waals surface area contributed by atoms with E-state index < -0.39 is 39.1 Å². The molecule has 0 unspecified atom stereocenters. The normalized spacial score (nSPS) is 13.6. The van der Waals surface area contributed by atoms with Gasteiger partial charge < -0.3 is 14.2 Å². The number of fused-ring (bicyclic) bond motifs is 2. The van der Waals surface area contributed by atoms with E-state index in [1.165, 1.54) is 4.90 Å². The molecule has 11 heteroatoms. The maximum atomic E-state index is 12.7. The number of hydrogen-bond donors (Lipinski definition) is 0. The van der Waals surface area contributed by atoms with E-state index in [1.54, 1.807) is 47.9 Å². The second-order valence-electron chi connectivity index (χ2n) is 8.15. The largest absolute Gasteiger partial charge is 0.462 e. The summed E-state index contributed by atoms with van der Waals surface area (Å²) in [5, 5.41) is 0. The number of anilines is 1. The van der Waals surface area contributed by atoms with Gasteiger partial charge in [0.2, 0.25) is 5.91 Å². The van der Waals surface area contributed by atoms with Crippen molar-refractivity contribution in [1.82, 2.24) is 4.57 Å². The summed E-state index contributed by atoms with van der Waals surface area (Å²) in [6, 6.07) is 12.3. The number of carbonyl (C=O) groups excluding carboxylic acids is 3. The minimum atomic E-state index is -4.04. The highest BCUT2D eigenvalue weighted by molar-refractivity contribution is 7.92. The number of carbonyl (C=O) groups is 3. The Morgan fingerprint density at radius 3 is 2.69 bits per heavy atom. The van der Waals surface area contributed by atoms with Gasteiger partial charge in [-0.1, -0.05) is 35.6 Å². The molecule has 1 aliphatic rings. The second-order valence-corrected chi connectivity index (χ2v) is 11.2. The van der Waals surface area contributed by atoms with Crippen molar-refractivity contribution in [1.29, 1.82) is 0 Å². The number of esters is 1. The van der Waals surface area contributed by atoms with Crippen molar-refractivity contribution in [2.75, 3.05) is 29.6 Å². The Bertz CT molecular complexity index is 1530. The van der Waals surface area contributed by atoms with Gasteiger partial charge in [-0.05, 0) is 43.2 Å². The van der Waals surface area contributed by atoms with Gasteiger partial charge in [0.05, 0.1) is 22.4 Å². The molecule has 0 saturated carbocycles. The summed E-state index contributed by atoms with van der Waals surface area (Å²) in [5.41, 5.74) is 2.76. The Morgan fingerprint density at radius 2 is 1.94 bits per heavy atom. The van der Waals surface area contributed by atoms with Crippen LogP contribution in [0, 0.1) is 0 Å². The molecule has 9 nitrogen and oxygen atoms in total. The van der Waals surface area contributed by atoms with Crippen molar-refractivity contribution < 1.29 is 27.5 Å². The van der Waals surface area contributed by atoms with Crippen molar-refractivity contribution >= 4 is 54.9 Å². The quantitative estimate of drug-likeness (QED) is 0.328. The summed E-state index contributed by atoms with van der Waals surface area (Å²) in [6.45, 7) is 6.41. The summed E-state index contributed by atoms with van der Waals surface area (Å²) in [5.74, 6) is -3.56. The molecule has 0 saturated heterocycles. The number of sulfone groups is 1. The van der Waals surface area contributed by atoms with Crippen LogP contribution in [0.2, 0.25) is 0 Å². The molecule has 2 aromatic carbocycles. The minimum absolute atomic E-state index is 0.244. The van der Waals surface area contributed by atoms with E-state index in [-0.39, 0.29) is 11.4 Å². The molecular formula is C25H25N3O6S2. The Hall–Kier alpha value is -3.57. The molecular weight excluding hydrogens is 502 g/mol. The average molecular weight is 528 g/mol. The number of rotatable bonds is 8. The van der Waals surface area contributed by atoms with Gasteiger partial charge in [0.25, 0.3) is 5.91 Å². The first-order chi connectivity index (χ1) is 17.2. The van der Waals surface area contributed by atoms with Crippen LogP contribution in [0.1, 0.15) is 22.8 Å². The minimum Gasteiger partial charge on any atom is -0.462 e. The number of benzene rings is 2. The van der Waals surface area contributed by atoms with E-state index in [9.17, 15) is 22.8 Å². The number of amides is 2. The smallest absolute Gasteiger partial charge is 0.338 e. The van der Waals surface area contributed by atoms with E-state index in [0.29, 0.717) is 41.0 Å². The average Bonchev–Trinajstić information content (AvgIpc) is 3.40. The van der Waals surface area contributed by atoms with Crippen LogP contribution in [0.4, 0.5) is 5.69 Å². The topological polar surface area (TPSA) is 115 Å². The first kappa shape index (κ1) is 25.5. The number of nitrogens with zero attached hydrogens (tertiary/aromatic N) is 3. The third-order valence-corrected chi connectivity index (χ3v) is 8.02. The van der Waals surface area contributed by atoms with Gasteiger partial charge in [0, 0.05) is 18.8 Å². The van der Waals surface area contributed by atoms with Crippen molar-refractivity contribution in [3.8, 4) is 0 Å². The van der Waals surface area contributed by atoms with Crippen LogP contribution >= 0.6 is 11.3 Å². The Labute approximate surface area is 212 Å². The summed E-state index contributed by atoms with van der Waals surface area (Å²) >= 11 is 1.14. The van der Waals surface area contributed by atoms with Gasteiger partial charge in [-0.3, -0.25) is 9.59 Å². The number of aromatic nitrogens is 1. The summed E-state index contributed by atoms with van der Waals surface area (Å²) < 4.78 is 32.8. The fourth-order valence-electron chi connectivity index (χ4n) is 4.05. The number of thiazole rings is 1. The Balaban J connectivity index is 1.55. The molecule has 1 aromatic heterocycles. The van der Waals surface area contributed by atoms with Crippen LogP contribution < -0.4 is 9.70 Å². The maximum absolute atomic E-state index is 12.7. The summed E-state index contributed by atoms with van der Waals surface area (Å²) in [6.07, 6.45) is 2.28. The summed E-state index contributed by atoms with van der Waals surface area (Å²) in [7, 11) is -4.04. The number of hydrogen-bond acceptors (Lipinski definition) is 7. The monoisotopic (exact) mass is 527 g/mol. The van der Waals surface area contributed by atoms with Crippen LogP contribution in [-0.2, 0) is 37.1 Å². The lowest BCUT2D eigenvalue weighted by Gasteiger charge is -2.17. The van der Waals surface area contributed by atoms with Crippen LogP contribution in [0.25, 0.3) is 10.2 Å². The number of allylic oxidation sites excluding steroid dienone is 1. The SMILES string of the molecule is C=CCn1c(=NC(=O)CS(=O)(=O)CC(=O)N2CCc3ccccc32)sc2cc(C(=O)OCC)ccc21. The van der Waals surface area contributed by atoms with Crippen molar-refractivity contribution in [2.45, 2.75) is 19.9 Å². The molecule has 188 valence electrons. The van der Waals surface area contributed by atoms with Gasteiger partial charge in [-0.15, -0.1) is 6.58 Å². The molecule has 2 amide bonds. The fraction of sp³-hybridized carbons (Fsp3) is 0.280. The molecule has 0 radical (unpaired) electrons. The molecule has 0 spiro atoms. The van der Waals surface area contributed by atoms with E-state index in [2.05, 4.69) is 11.6 Å². The highest BCUT2D eigenvalue weighted by atomic mass is 32.2. The van der Waals surface area contributed by atoms with Crippen LogP contribution in [0.5, 0.6) is 0 Å². The van der Waals surface area contributed by atoms with Gasteiger partial charge in [0.15, 0.2) is 14.6 Å². The fourth-order valence-corrected chi connectivity index (χ4v) is 6.22. The standard InChI is InChI=1S/C25H25N3O6S2/c1-3-12-28-20-10-9-18(24(31)34-4-2)14-21(20)35-25(28)26-22(29)15-36(32,33)16-23(30)27-13-11-17-7-5-6-8-19(17)27/h3,5-10,14H,1,4,11-13,15-16H2,2H3. The highest BCUT2D eigenvalue weighted by Gasteiger charge is 2.29. The molecule has 0 aliphatic carbocycles. The van der Waals surface area contributed by atoms with Gasteiger partial charge in [-0.2, -0.15) is 4.99 Å². The lowest BCUT2D eigenvalue weighted by atomic mass is 10.2. The van der Waals surface area contributed by atoms with Crippen molar-refractivity contribution in [2.24, 2.45) is 4.99 Å². The van der Waals surface area contributed by atoms with E-state index in [4.69, 9.17) is 4.74 Å². The molecule has 0 atom stereocenters. The number of para-hydroxylation sites is 1. The van der Waals surface area contributed by atoms with Crippen LogP contribution in [-0.4, -0.2) is 55.4 Å². The second kappa shape index (κ2) is 10.6. The third kappa shape index (κ3) is 5.47. The molecule has 36 heavy (non-hydrogen) atoms. The predicted molar refractivity (Wildman–Crippen MR) is 138 cm³/mol. The van der Waals surface area contributed by atoms with Crippen LogP contribution in [0.15, 0.2) is 60.1 Å². The predicted octanol–water partition coefficient (Wildman–Crippen LogP) is 2.50. The zero-order valence-electron chi connectivity index (χ0n) is 19.7. The van der Waals surface area contributed by atoms with E-state index >= 15 is 0 Å². The highest BCUT2D eigenvalue weighted by Crippen LogP contribution is 2.27. The molecule has 3 aromatic rings. The molecule has 0 bridgehead atoms. The van der Waals surface area contributed by atoms with Crippen molar-refractivity contribution in [3.05, 3.63) is 71.0 Å². The zero-order chi connectivity index (χ0) is 25.9. The number of ether oxygens (including phenoxy) is 1. The third-order valence-electron chi connectivity index (χ3n) is 5.60. The van der Waals surface area contributed by atoms with Gasteiger partial charge >= 0.3 is 5.97 Å². The lowest BCUT2D eigenvalue weighted by Crippen LogP contribution is -2.36. The van der Waals surface area contributed by atoms with Crippen molar-refractivity contribution in [3.63, 3.8) is 0 Å². The molecule has 1 aliphatic heterocycles. The van der Waals surface area contributed by atoms with E-state index in [1.807, 2.05) is 12.1 Å².